The maximum absolute atomic E-state index is 12.4. The highest BCUT2D eigenvalue weighted by Gasteiger charge is 2.28. The zero-order chi connectivity index (χ0) is 16.9. The van der Waals surface area contributed by atoms with Gasteiger partial charge < -0.3 is 16.4 Å². The van der Waals surface area contributed by atoms with E-state index in [0.717, 1.165) is 12.8 Å². The molecule has 5 nitrogen and oxygen atoms in total. The molecule has 5 heteroatoms. The molecule has 2 aromatic carbocycles. The molecule has 1 aliphatic rings. The smallest absolute Gasteiger partial charge is 0.255 e. The number of amides is 2. The van der Waals surface area contributed by atoms with Gasteiger partial charge in [0.05, 0.1) is 11.4 Å². The number of rotatable bonds is 4. The molecule has 0 saturated heterocycles. The summed E-state index contributed by atoms with van der Waals surface area (Å²) in [6.07, 6.45) is 2.40. The van der Waals surface area contributed by atoms with Gasteiger partial charge in [-0.3, -0.25) is 9.59 Å². The predicted molar refractivity (Wildman–Crippen MR) is 94.8 cm³/mol. The third-order valence-corrected chi connectivity index (χ3v) is 4.31. The number of hydrogen-bond acceptors (Lipinski definition) is 3. The van der Waals surface area contributed by atoms with Gasteiger partial charge in [-0.25, -0.2) is 0 Å². The van der Waals surface area contributed by atoms with Crippen molar-refractivity contribution in [2.45, 2.75) is 25.3 Å². The second kappa shape index (κ2) is 7.27. The van der Waals surface area contributed by atoms with Gasteiger partial charge in [0, 0.05) is 17.5 Å². The van der Waals surface area contributed by atoms with Gasteiger partial charge in [0.25, 0.3) is 5.91 Å². The Hall–Kier alpha value is -2.66. The van der Waals surface area contributed by atoms with E-state index < -0.39 is 0 Å². The number of carbonyl (C=O) groups excluding carboxylic acids is 2. The van der Waals surface area contributed by atoms with Crippen molar-refractivity contribution >= 4 is 23.2 Å². The first-order valence-corrected chi connectivity index (χ1v) is 8.15. The van der Waals surface area contributed by atoms with E-state index >= 15 is 0 Å². The molecule has 2 aromatic rings. The first kappa shape index (κ1) is 16.2. The summed E-state index contributed by atoms with van der Waals surface area (Å²) in [7, 11) is 0. The van der Waals surface area contributed by atoms with Gasteiger partial charge in [-0.2, -0.15) is 0 Å². The molecule has 0 aromatic heterocycles. The van der Waals surface area contributed by atoms with Crippen LogP contribution in [-0.4, -0.2) is 17.9 Å². The minimum atomic E-state index is -0.208. The van der Waals surface area contributed by atoms with Crippen LogP contribution in [0.25, 0.3) is 0 Å². The third-order valence-electron chi connectivity index (χ3n) is 4.31. The van der Waals surface area contributed by atoms with Gasteiger partial charge in [0.15, 0.2) is 0 Å². The fourth-order valence-electron chi connectivity index (χ4n) is 2.97. The first-order chi connectivity index (χ1) is 11.6. The summed E-state index contributed by atoms with van der Waals surface area (Å²) < 4.78 is 0. The molecule has 0 radical (unpaired) electrons. The summed E-state index contributed by atoms with van der Waals surface area (Å²) in [5.41, 5.74) is 7.64. The summed E-state index contributed by atoms with van der Waals surface area (Å²) in [6, 6.07) is 16.3. The van der Waals surface area contributed by atoms with Crippen molar-refractivity contribution in [2.75, 3.05) is 10.6 Å². The van der Waals surface area contributed by atoms with Gasteiger partial charge in [0.1, 0.15) is 0 Å². The van der Waals surface area contributed by atoms with Crippen molar-refractivity contribution in [1.82, 2.24) is 0 Å². The average molecular weight is 323 g/mol. The Labute approximate surface area is 141 Å². The van der Waals surface area contributed by atoms with Gasteiger partial charge >= 0.3 is 0 Å². The summed E-state index contributed by atoms with van der Waals surface area (Å²) in [5.74, 6) is -0.303. The lowest BCUT2D eigenvalue weighted by molar-refractivity contribution is -0.119. The van der Waals surface area contributed by atoms with Crippen molar-refractivity contribution in [2.24, 2.45) is 11.7 Å². The predicted octanol–water partition coefficient (Wildman–Crippen LogP) is 3.00. The van der Waals surface area contributed by atoms with E-state index in [0.29, 0.717) is 23.4 Å². The van der Waals surface area contributed by atoms with E-state index in [2.05, 4.69) is 10.6 Å². The quantitative estimate of drug-likeness (QED) is 0.808. The van der Waals surface area contributed by atoms with Gasteiger partial charge in [-0.05, 0) is 43.5 Å². The standard InChI is InChI=1S/C19H21N3O2/c20-15-11-10-14(12-15)19(24)22-17-9-5-4-8-16(17)21-18(23)13-6-2-1-3-7-13/h1-9,14-15H,10-12,20H2,(H,21,23)(H,22,24). The van der Waals surface area contributed by atoms with Crippen molar-refractivity contribution in [3.63, 3.8) is 0 Å². The molecule has 4 N–H and O–H groups in total. The normalized spacial score (nSPS) is 19.7. The molecule has 0 heterocycles. The fraction of sp³-hybridized carbons (Fsp3) is 0.263. The van der Waals surface area contributed by atoms with Crippen LogP contribution in [0.2, 0.25) is 0 Å². The minimum absolute atomic E-state index is 0.0376. The molecule has 24 heavy (non-hydrogen) atoms. The topological polar surface area (TPSA) is 84.2 Å². The van der Waals surface area contributed by atoms with Crippen molar-refractivity contribution in [3.8, 4) is 0 Å². The van der Waals surface area contributed by atoms with Crippen LogP contribution < -0.4 is 16.4 Å². The number of para-hydroxylation sites is 2. The Bertz CT molecular complexity index is 730. The van der Waals surface area contributed by atoms with E-state index in [-0.39, 0.29) is 23.8 Å². The summed E-state index contributed by atoms with van der Waals surface area (Å²) in [5, 5.41) is 5.77. The molecule has 3 rings (SSSR count). The van der Waals surface area contributed by atoms with Gasteiger partial charge in [0.2, 0.25) is 5.91 Å². The van der Waals surface area contributed by atoms with Crippen LogP contribution in [0.15, 0.2) is 54.6 Å². The molecular formula is C19H21N3O2. The van der Waals surface area contributed by atoms with Crippen LogP contribution in [0.4, 0.5) is 11.4 Å². The Morgan fingerprint density at radius 1 is 0.875 bits per heavy atom. The molecule has 1 aliphatic carbocycles. The molecule has 1 fully saturated rings. The lowest BCUT2D eigenvalue weighted by atomic mass is 10.1. The van der Waals surface area contributed by atoms with Crippen LogP contribution in [-0.2, 0) is 4.79 Å². The number of benzene rings is 2. The zero-order valence-electron chi connectivity index (χ0n) is 13.4. The molecule has 0 spiro atoms. The second-order valence-electron chi connectivity index (χ2n) is 6.13. The maximum atomic E-state index is 12.4. The van der Waals surface area contributed by atoms with Crippen molar-refractivity contribution < 1.29 is 9.59 Å². The van der Waals surface area contributed by atoms with E-state index in [9.17, 15) is 9.59 Å². The SMILES string of the molecule is NC1CCC(C(=O)Nc2ccccc2NC(=O)c2ccccc2)C1. The van der Waals surface area contributed by atoms with E-state index in [1.807, 2.05) is 30.3 Å². The molecule has 0 aliphatic heterocycles. The summed E-state index contributed by atoms with van der Waals surface area (Å²) in [4.78, 5) is 24.7. The lowest BCUT2D eigenvalue weighted by Crippen LogP contribution is -2.24. The molecular weight excluding hydrogens is 302 g/mol. The van der Waals surface area contributed by atoms with Gasteiger partial charge in [-0.15, -0.1) is 0 Å². The number of hydrogen-bond donors (Lipinski definition) is 3. The van der Waals surface area contributed by atoms with E-state index in [1.54, 1.807) is 24.3 Å². The molecule has 2 amide bonds. The van der Waals surface area contributed by atoms with Crippen molar-refractivity contribution in [3.05, 3.63) is 60.2 Å². The zero-order valence-corrected chi connectivity index (χ0v) is 13.4. The molecule has 2 unspecified atom stereocenters. The molecule has 2 atom stereocenters. The van der Waals surface area contributed by atoms with E-state index in [1.165, 1.54) is 0 Å². The van der Waals surface area contributed by atoms with Gasteiger partial charge in [-0.1, -0.05) is 30.3 Å². The second-order valence-corrected chi connectivity index (χ2v) is 6.13. The highest BCUT2D eigenvalue weighted by molar-refractivity contribution is 6.07. The highest BCUT2D eigenvalue weighted by Crippen LogP contribution is 2.28. The van der Waals surface area contributed by atoms with Crippen LogP contribution in [0.1, 0.15) is 29.6 Å². The monoisotopic (exact) mass is 323 g/mol. The first-order valence-electron chi connectivity index (χ1n) is 8.15. The van der Waals surface area contributed by atoms with Crippen LogP contribution >= 0.6 is 0 Å². The molecule has 0 bridgehead atoms. The summed E-state index contributed by atoms with van der Waals surface area (Å²) in [6.45, 7) is 0. The number of anilines is 2. The van der Waals surface area contributed by atoms with Crippen molar-refractivity contribution in [1.29, 1.82) is 0 Å². The Balaban J connectivity index is 1.71. The number of nitrogens with one attached hydrogen (secondary N) is 2. The third kappa shape index (κ3) is 3.81. The largest absolute Gasteiger partial charge is 0.328 e. The minimum Gasteiger partial charge on any atom is -0.328 e. The number of carbonyl (C=O) groups is 2. The van der Waals surface area contributed by atoms with Crippen LogP contribution in [0.3, 0.4) is 0 Å². The van der Waals surface area contributed by atoms with Crippen LogP contribution in [0, 0.1) is 5.92 Å². The van der Waals surface area contributed by atoms with Crippen LogP contribution in [0.5, 0.6) is 0 Å². The lowest BCUT2D eigenvalue weighted by Gasteiger charge is -2.15. The highest BCUT2D eigenvalue weighted by atomic mass is 16.2. The molecule has 124 valence electrons. The molecule has 1 saturated carbocycles. The fourth-order valence-corrected chi connectivity index (χ4v) is 2.97. The number of nitrogens with two attached hydrogens (primary N) is 1. The Morgan fingerprint density at radius 3 is 2.12 bits per heavy atom. The van der Waals surface area contributed by atoms with E-state index in [4.69, 9.17) is 5.73 Å². The maximum Gasteiger partial charge on any atom is 0.255 e. The summed E-state index contributed by atoms with van der Waals surface area (Å²) >= 11 is 0. The Kier molecular flexibility index (Phi) is 4.91. The Morgan fingerprint density at radius 2 is 1.50 bits per heavy atom. The average Bonchev–Trinajstić information content (AvgIpc) is 3.04.